The van der Waals surface area contributed by atoms with Crippen molar-refractivity contribution in [3.8, 4) is 0 Å². The summed E-state index contributed by atoms with van der Waals surface area (Å²) in [6.07, 6.45) is 2.02. The van der Waals surface area contributed by atoms with Crippen LogP contribution in [0.5, 0.6) is 0 Å². The van der Waals surface area contributed by atoms with Crippen molar-refractivity contribution in [2.24, 2.45) is 0 Å². The molecular formula is C14H25N5OS. The van der Waals surface area contributed by atoms with Crippen LogP contribution >= 0.6 is 11.3 Å². The Morgan fingerprint density at radius 3 is 2.67 bits per heavy atom. The van der Waals surface area contributed by atoms with Gasteiger partial charge in [-0.15, -0.1) is 0 Å². The first kappa shape index (κ1) is 16.0. The fourth-order valence-corrected chi connectivity index (χ4v) is 3.52. The molecule has 1 fully saturated rings. The summed E-state index contributed by atoms with van der Waals surface area (Å²) in [5.41, 5.74) is 5.91. The van der Waals surface area contributed by atoms with Crippen LogP contribution in [-0.4, -0.2) is 60.0 Å². The van der Waals surface area contributed by atoms with Crippen LogP contribution in [0.15, 0.2) is 0 Å². The zero-order valence-corrected chi connectivity index (χ0v) is 14.0. The van der Waals surface area contributed by atoms with Crippen LogP contribution in [0.1, 0.15) is 36.4 Å². The van der Waals surface area contributed by atoms with Gasteiger partial charge in [-0.05, 0) is 46.8 Å². The minimum absolute atomic E-state index is 0.0173. The fourth-order valence-electron chi connectivity index (χ4n) is 2.50. The lowest BCUT2D eigenvalue weighted by Crippen LogP contribution is -2.44. The number of anilines is 2. The molecule has 0 bridgehead atoms. The van der Waals surface area contributed by atoms with Gasteiger partial charge in [-0.3, -0.25) is 4.79 Å². The van der Waals surface area contributed by atoms with E-state index in [9.17, 15) is 4.79 Å². The van der Waals surface area contributed by atoms with Crippen molar-refractivity contribution in [3.63, 3.8) is 0 Å². The molecule has 21 heavy (non-hydrogen) atoms. The number of amides is 1. The summed E-state index contributed by atoms with van der Waals surface area (Å²) in [5.74, 6) is 0.310. The van der Waals surface area contributed by atoms with Crippen molar-refractivity contribution in [1.29, 1.82) is 0 Å². The van der Waals surface area contributed by atoms with Gasteiger partial charge < -0.3 is 20.9 Å². The standard InChI is InChI=1S/C14H25N5OS/c1-9(2)16-14-17-12(15)11(21-14)13(20)19(4)10-5-7-18(3)8-6-10/h9-10H,5-8,15H2,1-4H3,(H,16,17). The topological polar surface area (TPSA) is 74.5 Å². The number of aromatic nitrogens is 1. The van der Waals surface area contributed by atoms with E-state index in [4.69, 9.17) is 5.73 Å². The van der Waals surface area contributed by atoms with Gasteiger partial charge >= 0.3 is 0 Å². The summed E-state index contributed by atoms with van der Waals surface area (Å²) in [7, 11) is 3.98. The summed E-state index contributed by atoms with van der Waals surface area (Å²) >= 11 is 1.34. The number of likely N-dealkylation sites (tertiary alicyclic amines) is 1. The second-order valence-corrected chi connectivity index (χ2v) is 6.98. The highest BCUT2D eigenvalue weighted by Gasteiger charge is 2.27. The van der Waals surface area contributed by atoms with Gasteiger partial charge in [0.25, 0.3) is 5.91 Å². The lowest BCUT2D eigenvalue weighted by molar-refractivity contribution is 0.0665. The Morgan fingerprint density at radius 2 is 2.10 bits per heavy atom. The number of piperidine rings is 1. The molecule has 0 atom stereocenters. The van der Waals surface area contributed by atoms with E-state index in [1.54, 1.807) is 0 Å². The van der Waals surface area contributed by atoms with Gasteiger partial charge in [-0.1, -0.05) is 11.3 Å². The minimum atomic E-state index is -0.0173. The zero-order valence-electron chi connectivity index (χ0n) is 13.2. The Labute approximate surface area is 130 Å². The summed E-state index contributed by atoms with van der Waals surface area (Å²) in [6, 6.07) is 0.557. The SMILES string of the molecule is CC(C)Nc1nc(N)c(C(=O)N(C)C2CCN(C)CC2)s1. The zero-order chi connectivity index (χ0) is 15.6. The molecule has 1 amide bonds. The Morgan fingerprint density at radius 1 is 1.48 bits per heavy atom. The van der Waals surface area contributed by atoms with Crippen molar-refractivity contribution in [3.05, 3.63) is 4.88 Å². The maximum Gasteiger partial charge on any atom is 0.267 e. The number of carbonyl (C=O) groups excluding carboxylic acids is 1. The molecule has 2 heterocycles. The molecule has 1 aromatic rings. The molecule has 3 N–H and O–H groups in total. The van der Waals surface area contributed by atoms with Crippen LogP contribution in [-0.2, 0) is 0 Å². The summed E-state index contributed by atoms with van der Waals surface area (Å²) in [4.78, 5) is 21.5. The number of nitrogens with one attached hydrogen (secondary N) is 1. The van der Waals surface area contributed by atoms with E-state index >= 15 is 0 Å². The third-order valence-electron chi connectivity index (χ3n) is 3.82. The van der Waals surface area contributed by atoms with E-state index < -0.39 is 0 Å². The maximum absolute atomic E-state index is 12.6. The number of hydrogen-bond acceptors (Lipinski definition) is 6. The molecule has 0 unspecified atom stereocenters. The molecule has 0 spiro atoms. The molecule has 1 aliphatic heterocycles. The minimum Gasteiger partial charge on any atom is -0.382 e. The molecule has 0 saturated carbocycles. The predicted molar refractivity (Wildman–Crippen MR) is 87.9 cm³/mol. The number of rotatable bonds is 4. The molecule has 0 aromatic carbocycles. The van der Waals surface area contributed by atoms with Gasteiger partial charge in [-0.25, -0.2) is 4.98 Å². The van der Waals surface area contributed by atoms with Gasteiger partial charge in [-0.2, -0.15) is 0 Å². The van der Waals surface area contributed by atoms with Crippen LogP contribution in [0.2, 0.25) is 0 Å². The molecule has 0 radical (unpaired) electrons. The Hall–Kier alpha value is -1.34. The highest BCUT2D eigenvalue weighted by molar-refractivity contribution is 7.18. The van der Waals surface area contributed by atoms with Gasteiger partial charge in [0.05, 0.1) is 0 Å². The second kappa shape index (κ2) is 6.62. The van der Waals surface area contributed by atoms with Crippen molar-refractivity contribution >= 4 is 28.2 Å². The van der Waals surface area contributed by atoms with Crippen molar-refractivity contribution < 1.29 is 4.79 Å². The highest BCUT2D eigenvalue weighted by atomic mass is 32.1. The first-order valence-corrected chi connectivity index (χ1v) is 8.18. The van der Waals surface area contributed by atoms with Crippen molar-refractivity contribution in [2.75, 3.05) is 38.2 Å². The largest absolute Gasteiger partial charge is 0.382 e. The molecule has 1 aliphatic rings. The number of carbonyl (C=O) groups is 1. The first-order chi connectivity index (χ1) is 9.88. The smallest absolute Gasteiger partial charge is 0.267 e. The van der Waals surface area contributed by atoms with E-state index in [0.717, 1.165) is 25.9 Å². The average molecular weight is 311 g/mol. The third kappa shape index (κ3) is 3.85. The number of hydrogen-bond donors (Lipinski definition) is 2. The number of nitrogens with zero attached hydrogens (tertiary/aromatic N) is 3. The van der Waals surface area contributed by atoms with Crippen LogP contribution in [0.25, 0.3) is 0 Å². The summed E-state index contributed by atoms with van der Waals surface area (Å²) in [6.45, 7) is 6.12. The van der Waals surface area contributed by atoms with Crippen LogP contribution in [0.4, 0.5) is 10.9 Å². The van der Waals surface area contributed by atoms with Gasteiger partial charge in [0, 0.05) is 19.1 Å². The Balaban J connectivity index is 2.06. The van der Waals surface area contributed by atoms with E-state index in [1.807, 2.05) is 25.8 Å². The third-order valence-corrected chi connectivity index (χ3v) is 4.81. The highest BCUT2D eigenvalue weighted by Crippen LogP contribution is 2.28. The molecule has 7 heteroatoms. The number of thiazole rings is 1. The lowest BCUT2D eigenvalue weighted by Gasteiger charge is -2.34. The van der Waals surface area contributed by atoms with E-state index in [0.29, 0.717) is 15.8 Å². The molecule has 2 rings (SSSR count). The van der Waals surface area contributed by atoms with E-state index in [2.05, 4.69) is 22.2 Å². The summed E-state index contributed by atoms with van der Waals surface area (Å²) < 4.78 is 0. The van der Waals surface area contributed by atoms with E-state index in [-0.39, 0.29) is 18.0 Å². The fraction of sp³-hybridized carbons (Fsp3) is 0.714. The van der Waals surface area contributed by atoms with Gasteiger partial charge in [0.2, 0.25) is 0 Å². The predicted octanol–water partition coefficient (Wildman–Crippen LogP) is 1.71. The van der Waals surface area contributed by atoms with Crippen molar-refractivity contribution in [2.45, 2.75) is 38.8 Å². The Kier molecular flexibility index (Phi) is 5.05. The molecule has 6 nitrogen and oxygen atoms in total. The van der Waals surface area contributed by atoms with Crippen LogP contribution < -0.4 is 11.1 Å². The Bertz CT molecular complexity index is 494. The van der Waals surface area contributed by atoms with E-state index in [1.165, 1.54) is 11.3 Å². The molecule has 0 aliphatic carbocycles. The number of nitrogens with two attached hydrogens (primary N) is 1. The monoisotopic (exact) mass is 311 g/mol. The molecular weight excluding hydrogens is 286 g/mol. The average Bonchev–Trinajstić information content (AvgIpc) is 2.78. The normalized spacial score (nSPS) is 17.2. The van der Waals surface area contributed by atoms with Crippen LogP contribution in [0.3, 0.4) is 0 Å². The molecule has 1 aromatic heterocycles. The van der Waals surface area contributed by atoms with Crippen LogP contribution in [0, 0.1) is 0 Å². The molecule has 1 saturated heterocycles. The van der Waals surface area contributed by atoms with Gasteiger partial charge in [0.15, 0.2) is 5.13 Å². The summed E-state index contributed by atoms with van der Waals surface area (Å²) in [5, 5.41) is 3.91. The molecule has 118 valence electrons. The number of nitrogen functional groups attached to an aromatic ring is 1. The van der Waals surface area contributed by atoms with Gasteiger partial charge in [0.1, 0.15) is 10.7 Å². The second-order valence-electron chi connectivity index (χ2n) is 5.98. The van der Waals surface area contributed by atoms with Crippen molar-refractivity contribution in [1.82, 2.24) is 14.8 Å². The quantitative estimate of drug-likeness (QED) is 0.885. The lowest BCUT2D eigenvalue weighted by atomic mass is 10.0. The maximum atomic E-state index is 12.6. The first-order valence-electron chi connectivity index (χ1n) is 7.37.